The van der Waals surface area contributed by atoms with Crippen LogP contribution in [0.1, 0.15) is 48.4 Å². The van der Waals surface area contributed by atoms with Crippen molar-refractivity contribution in [2.24, 2.45) is 28.8 Å². The number of hydrogen-bond donors (Lipinski definition) is 0. The molecule has 6 rings (SSSR count). The molecule has 5 atom stereocenters. The van der Waals surface area contributed by atoms with Crippen molar-refractivity contribution >= 4 is 23.0 Å². The van der Waals surface area contributed by atoms with Gasteiger partial charge >= 0.3 is 0 Å². The molecule has 0 bridgehead atoms. The summed E-state index contributed by atoms with van der Waals surface area (Å²) in [7, 11) is 0. The SMILES string of the molecule is Cc1c(F)cc(C2CC=NN2C(=O)[C@H]2CC(Cn3ncc4cc(C#N)ccc43)C3CCC32)cc1F. The van der Waals surface area contributed by atoms with Gasteiger partial charge in [0.1, 0.15) is 11.6 Å². The van der Waals surface area contributed by atoms with E-state index in [4.69, 9.17) is 5.26 Å². The molecule has 0 saturated heterocycles. The molecule has 2 heterocycles. The molecule has 2 aliphatic carbocycles. The van der Waals surface area contributed by atoms with E-state index < -0.39 is 17.7 Å². The third kappa shape index (κ3) is 3.53. The van der Waals surface area contributed by atoms with Gasteiger partial charge in [-0.15, -0.1) is 0 Å². The highest BCUT2D eigenvalue weighted by Crippen LogP contribution is 2.55. The Bertz CT molecular complexity index is 1380. The maximum absolute atomic E-state index is 14.2. The van der Waals surface area contributed by atoms with Crippen LogP contribution in [0.5, 0.6) is 0 Å². The van der Waals surface area contributed by atoms with E-state index >= 15 is 0 Å². The molecule has 1 aromatic heterocycles. The Morgan fingerprint density at radius 2 is 1.94 bits per heavy atom. The highest BCUT2D eigenvalue weighted by molar-refractivity contribution is 5.83. The fourth-order valence-corrected chi connectivity index (χ4v) is 6.26. The van der Waals surface area contributed by atoms with Crippen molar-refractivity contribution in [3.05, 3.63) is 64.9 Å². The van der Waals surface area contributed by atoms with E-state index in [1.165, 1.54) is 24.1 Å². The summed E-state index contributed by atoms with van der Waals surface area (Å²) in [5.74, 6) is -0.320. The Morgan fingerprint density at radius 1 is 1.17 bits per heavy atom. The molecule has 3 aliphatic rings. The van der Waals surface area contributed by atoms with E-state index in [-0.39, 0.29) is 17.4 Å². The summed E-state index contributed by atoms with van der Waals surface area (Å²) in [6.45, 7) is 2.13. The first-order valence-corrected chi connectivity index (χ1v) is 12.1. The lowest BCUT2D eigenvalue weighted by Crippen LogP contribution is -2.38. The Kier molecular flexibility index (Phi) is 5.17. The van der Waals surface area contributed by atoms with Crippen LogP contribution in [0.2, 0.25) is 0 Å². The highest BCUT2D eigenvalue weighted by atomic mass is 19.1. The molecule has 4 unspecified atom stereocenters. The monoisotopic (exact) mass is 473 g/mol. The fourth-order valence-electron chi connectivity index (χ4n) is 6.26. The lowest BCUT2D eigenvalue weighted by atomic mass is 9.70. The van der Waals surface area contributed by atoms with Crippen molar-refractivity contribution in [1.29, 1.82) is 5.26 Å². The van der Waals surface area contributed by atoms with Gasteiger partial charge in [-0.1, -0.05) is 0 Å². The molecule has 0 N–H and O–H groups in total. The van der Waals surface area contributed by atoms with Crippen molar-refractivity contribution in [2.45, 2.75) is 45.2 Å². The predicted octanol–water partition coefficient (Wildman–Crippen LogP) is 5.12. The van der Waals surface area contributed by atoms with Crippen LogP contribution in [-0.2, 0) is 11.3 Å². The van der Waals surface area contributed by atoms with Crippen LogP contribution in [0, 0.1) is 53.6 Å². The summed E-state index contributed by atoms with van der Waals surface area (Å²) < 4.78 is 30.4. The zero-order valence-electron chi connectivity index (χ0n) is 19.4. The summed E-state index contributed by atoms with van der Waals surface area (Å²) in [5, 5.41) is 20.4. The van der Waals surface area contributed by atoms with Gasteiger partial charge in [0, 0.05) is 36.0 Å². The predicted molar refractivity (Wildman–Crippen MR) is 126 cm³/mol. The molecule has 178 valence electrons. The molecule has 8 heteroatoms. The maximum atomic E-state index is 14.2. The number of hydrogen-bond acceptors (Lipinski definition) is 4. The first-order chi connectivity index (χ1) is 16.9. The van der Waals surface area contributed by atoms with Gasteiger partial charge in [0.2, 0.25) is 5.91 Å². The number of hydrazone groups is 1. The van der Waals surface area contributed by atoms with Crippen LogP contribution in [0.15, 0.2) is 41.6 Å². The van der Waals surface area contributed by atoms with Crippen LogP contribution < -0.4 is 0 Å². The summed E-state index contributed by atoms with van der Waals surface area (Å²) in [5.41, 5.74) is 2.02. The van der Waals surface area contributed by atoms with Crippen LogP contribution >= 0.6 is 0 Å². The topological polar surface area (TPSA) is 74.3 Å². The molecular formula is C27H25F2N5O. The second-order valence-electron chi connectivity index (χ2n) is 10.1. The molecule has 35 heavy (non-hydrogen) atoms. The largest absolute Gasteiger partial charge is 0.273 e. The molecule has 6 nitrogen and oxygen atoms in total. The number of benzene rings is 2. The van der Waals surface area contributed by atoms with Gasteiger partial charge in [0.05, 0.1) is 29.4 Å². The lowest BCUT2D eigenvalue weighted by Gasteiger charge is -2.37. The molecule has 1 amide bonds. The first kappa shape index (κ1) is 21.9. The van der Waals surface area contributed by atoms with Gasteiger partial charge in [-0.05, 0) is 79.8 Å². The number of fused-ring (bicyclic) bond motifs is 2. The average molecular weight is 474 g/mol. The summed E-state index contributed by atoms with van der Waals surface area (Å²) >= 11 is 0. The highest BCUT2D eigenvalue weighted by Gasteiger charge is 2.52. The van der Waals surface area contributed by atoms with Crippen molar-refractivity contribution in [3.8, 4) is 6.07 Å². The molecule has 0 radical (unpaired) electrons. The lowest BCUT2D eigenvalue weighted by molar-refractivity contribution is -0.139. The minimum atomic E-state index is -0.604. The number of amides is 1. The average Bonchev–Trinajstić information content (AvgIpc) is 3.53. The molecule has 1 aliphatic heterocycles. The van der Waals surface area contributed by atoms with Crippen molar-refractivity contribution in [3.63, 3.8) is 0 Å². The van der Waals surface area contributed by atoms with E-state index in [0.29, 0.717) is 35.3 Å². The van der Waals surface area contributed by atoms with E-state index in [0.717, 1.165) is 36.7 Å². The van der Waals surface area contributed by atoms with Crippen LogP contribution in [0.4, 0.5) is 8.78 Å². The summed E-state index contributed by atoms with van der Waals surface area (Å²) in [6, 6.07) is 9.90. The Hall–Kier alpha value is -3.60. The Balaban J connectivity index is 1.21. The number of nitriles is 1. The molecular weight excluding hydrogens is 448 g/mol. The number of halogens is 2. The van der Waals surface area contributed by atoms with Crippen LogP contribution in [-0.4, -0.2) is 26.9 Å². The van der Waals surface area contributed by atoms with Crippen molar-refractivity contribution < 1.29 is 13.6 Å². The van der Waals surface area contributed by atoms with Crippen molar-refractivity contribution in [1.82, 2.24) is 14.8 Å². The number of nitrogens with zero attached hydrogens (tertiary/aromatic N) is 5. The second-order valence-corrected chi connectivity index (χ2v) is 10.1. The van der Waals surface area contributed by atoms with Gasteiger partial charge in [-0.3, -0.25) is 9.48 Å². The van der Waals surface area contributed by atoms with Crippen LogP contribution in [0.25, 0.3) is 10.9 Å². The molecule has 3 aromatic rings. The number of aromatic nitrogens is 2. The second kappa shape index (κ2) is 8.26. The van der Waals surface area contributed by atoms with E-state index in [9.17, 15) is 13.6 Å². The first-order valence-electron chi connectivity index (χ1n) is 12.1. The van der Waals surface area contributed by atoms with Crippen LogP contribution in [0.3, 0.4) is 0 Å². The standard InChI is InChI=1S/C27H25F2N5O/c1-15-23(28)10-17(11-24(15)29)26-6-7-31-34(26)27(35)22-9-19(20-3-4-21(20)22)14-33-25-5-2-16(12-30)8-18(25)13-32-33/h2,5,7-8,10-11,13,19-22,26H,3-4,6,9,14H2,1H3/t19?,20?,21?,22-,26?/m0/s1. The van der Waals surface area contributed by atoms with E-state index in [1.54, 1.807) is 18.5 Å². The van der Waals surface area contributed by atoms with Crippen molar-refractivity contribution in [2.75, 3.05) is 0 Å². The molecule has 2 aromatic carbocycles. The Morgan fingerprint density at radius 3 is 2.66 bits per heavy atom. The third-order valence-corrected chi connectivity index (χ3v) is 8.30. The quantitative estimate of drug-likeness (QED) is 0.528. The molecule has 0 spiro atoms. The van der Waals surface area contributed by atoms with Gasteiger partial charge in [0.25, 0.3) is 0 Å². The number of rotatable bonds is 4. The molecule has 2 fully saturated rings. The van der Waals surface area contributed by atoms with Gasteiger partial charge in [-0.2, -0.15) is 15.5 Å². The normalized spacial score (nSPS) is 27.1. The van der Waals surface area contributed by atoms with E-state index in [1.807, 2.05) is 16.8 Å². The van der Waals surface area contributed by atoms with Gasteiger partial charge in [-0.25, -0.2) is 13.8 Å². The number of carbonyl (C=O) groups excluding carboxylic acids is 1. The smallest absolute Gasteiger partial charge is 0.246 e. The zero-order valence-corrected chi connectivity index (χ0v) is 19.4. The third-order valence-electron chi connectivity index (χ3n) is 8.30. The Labute approximate surface area is 201 Å². The fraction of sp³-hybridized carbons (Fsp3) is 0.407. The van der Waals surface area contributed by atoms with Gasteiger partial charge in [0.15, 0.2) is 0 Å². The summed E-state index contributed by atoms with van der Waals surface area (Å²) in [4.78, 5) is 13.7. The molecule has 2 saturated carbocycles. The van der Waals surface area contributed by atoms with Gasteiger partial charge < -0.3 is 0 Å². The summed E-state index contributed by atoms with van der Waals surface area (Å²) in [6.07, 6.45) is 6.75. The maximum Gasteiger partial charge on any atom is 0.246 e. The number of carbonyl (C=O) groups is 1. The van der Waals surface area contributed by atoms with E-state index in [2.05, 4.69) is 16.3 Å². The zero-order chi connectivity index (χ0) is 24.3. The minimum Gasteiger partial charge on any atom is -0.273 e. The minimum absolute atomic E-state index is 0.0171.